The maximum atomic E-state index is 12.7. The molecule has 0 aromatic heterocycles. The predicted octanol–water partition coefficient (Wildman–Crippen LogP) is 3.50. The van der Waals surface area contributed by atoms with Crippen LogP contribution in [0.3, 0.4) is 0 Å². The Kier molecular flexibility index (Phi) is 4.94. The minimum absolute atomic E-state index is 0.104. The summed E-state index contributed by atoms with van der Waals surface area (Å²) < 4.78 is 17.5. The van der Waals surface area contributed by atoms with Crippen molar-refractivity contribution in [2.24, 2.45) is 0 Å². The van der Waals surface area contributed by atoms with Crippen LogP contribution in [-0.2, 0) is 6.54 Å². The van der Waals surface area contributed by atoms with Crippen LogP contribution in [-0.4, -0.2) is 38.2 Å². The number of hydrogen-bond acceptors (Lipinski definition) is 4. The Morgan fingerprint density at radius 2 is 1.92 bits per heavy atom. The molecule has 1 heterocycles. The third-order valence-electron chi connectivity index (χ3n) is 3.75. The predicted molar refractivity (Wildman–Crippen MR) is 93.9 cm³/mol. The smallest absolute Gasteiger partial charge is 0.254 e. The van der Waals surface area contributed by atoms with Crippen LogP contribution in [0.4, 0.5) is 0 Å². The largest absolute Gasteiger partial charge is 0.493 e. The number of methoxy groups -OCH3 is 1. The Hall–Kier alpha value is -2.21. The number of carbonyl (C=O) groups excluding carboxylic acids is 1. The highest BCUT2D eigenvalue weighted by atomic mass is 79.9. The van der Waals surface area contributed by atoms with Gasteiger partial charge in [0.2, 0.25) is 5.75 Å². The molecule has 5 nitrogen and oxygen atoms in total. The van der Waals surface area contributed by atoms with Gasteiger partial charge < -0.3 is 19.1 Å². The first-order valence-corrected chi connectivity index (χ1v) is 8.35. The highest BCUT2D eigenvalue weighted by Crippen LogP contribution is 2.40. The van der Waals surface area contributed by atoms with Gasteiger partial charge in [-0.1, -0.05) is 28.1 Å². The fraction of sp³-hybridized carbons (Fsp3) is 0.278. The standard InChI is InChI=1S/C18H18BrNO4/c1-20(11-12-3-5-14(19)6-4-12)18(21)13-9-15(22-2)17-16(10-13)23-7-8-24-17/h3-6,9-10H,7-8,11H2,1-2H3. The number of fused-ring (bicyclic) bond motifs is 1. The van der Waals surface area contributed by atoms with Gasteiger partial charge in [0.1, 0.15) is 13.2 Å². The van der Waals surface area contributed by atoms with Crippen LogP contribution in [0.15, 0.2) is 40.9 Å². The van der Waals surface area contributed by atoms with Gasteiger partial charge in [-0.3, -0.25) is 4.79 Å². The highest BCUT2D eigenvalue weighted by molar-refractivity contribution is 9.10. The first kappa shape index (κ1) is 16.6. The summed E-state index contributed by atoms with van der Waals surface area (Å²) in [7, 11) is 3.32. The topological polar surface area (TPSA) is 48.0 Å². The van der Waals surface area contributed by atoms with Crippen LogP contribution in [0, 0.1) is 0 Å². The molecule has 0 aliphatic carbocycles. The molecule has 0 fully saturated rings. The Balaban J connectivity index is 1.82. The van der Waals surface area contributed by atoms with Crippen molar-refractivity contribution in [3.63, 3.8) is 0 Å². The van der Waals surface area contributed by atoms with E-state index in [1.165, 1.54) is 0 Å². The third-order valence-corrected chi connectivity index (χ3v) is 4.28. The van der Waals surface area contributed by atoms with Crippen molar-refractivity contribution in [1.82, 2.24) is 4.90 Å². The summed E-state index contributed by atoms with van der Waals surface area (Å²) in [6, 6.07) is 11.3. The maximum Gasteiger partial charge on any atom is 0.254 e. The molecule has 2 aromatic rings. The van der Waals surface area contributed by atoms with Crippen molar-refractivity contribution < 1.29 is 19.0 Å². The molecule has 24 heavy (non-hydrogen) atoms. The zero-order valence-corrected chi connectivity index (χ0v) is 15.1. The van der Waals surface area contributed by atoms with Gasteiger partial charge in [0.15, 0.2) is 11.5 Å². The van der Waals surface area contributed by atoms with Gasteiger partial charge in [-0.2, -0.15) is 0 Å². The molecule has 126 valence electrons. The first-order chi connectivity index (χ1) is 11.6. The first-order valence-electron chi connectivity index (χ1n) is 7.56. The second-order valence-electron chi connectivity index (χ2n) is 5.49. The van der Waals surface area contributed by atoms with Crippen LogP contribution in [0.25, 0.3) is 0 Å². The molecule has 0 atom stereocenters. The number of amides is 1. The van der Waals surface area contributed by atoms with Gasteiger partial charge in [0, 0.05) is 23.6 Å². The maximum absolute atomic E-state index is 12.7. The van der Waals surface area contributed by atoms with Crippen LogP contribution >= 0.6 is 15.9 Å². The number of hydrogen-bond donors (Lipinski definition) is 0. The zero-order valence-electron chi connectivity index (χ0n) is 13.5. The molecule has 3 rings (SSSR count). The van der Waals surface area contributed by atoms with E-state index in [9.17, 15) is 4.79 Å². The van der Waals surface area contributed by atoms with E-state index in [2.05, 4.69) is 15.9 Å². The van der Waals surface area contributed by atoms with Gasteiger partial charge in [-0.05, 0) is 29.8 Å². The number of carbonyl (C=O) groups is 1. The summed E-state index contributed by atoms with van der Waals surface area (Å²) in [5, 5.41) is 0. The molecule has 2 aromatic carbocycles. The molecule has 0 spiro atoms. The second-order valence-corrected chi connectivity index (χ2v) is 6.41. The summed E-state index contributed by atoms with van der Waals surface area (Å²) in [5.74, 6) is 1.50. The summed E-state index contributed by atoms with van der Waals surface area (Å²) >= 11 is 3.41. The molecule has 0 saturated carbocycles. The molecule has 1 aliphatic heterocycles. The lowest BCUT2D eigenvalue weighted by atomic mass is 10.1. The number of benzene rings is 2. The molecule has 0 N–H and O–H groups in total. The Morgan fingerprint density at radius 3 is 2.62 bits per heavy atom. The van der Waals surface area contributed by atoms with E-state index in [0.29, 0.717) is 42.6 Å². The molecular formula is C18H18BrNO4. The molecule has 0 radical (unpaired) electrons. The van der Waals surface area contributed by atoms with E-state index in [1.54, 1.807) is 31.2 Å². The average Bonchev–Trinajstić information content (AvgIpc) is 2.62. The summed E-state index contributed by atoms with van der Waals surface area (Å²) in [5.41, 5.74) is 1.56. The van der Waals surface area contributed by atoms with E-state index in [-0.39, 0.29) is 5.91 Å². The Bertz CT molecular complexity index is 728. The Labute approximate surface area is 149 Å². The lowest BCUT2D eigenvalue weighted by Gasteiger charge is -2.23. The molecule has 6 heteroatoms. The molecule has 1 aliphatic rings. The molecule has 0 unspecified atom stereocenters. The summed E-state index contributed by atoms with van der Waals surface area (Å²) in [4.78, 5) is 14.4. The minimum atomic E-state index is -0.104. The molecular weight excluding hydrogens is 374 g/mol. The summed E-state index contributed by atoms with van der Waals surface area (Å²) in [6.07, 6.45) is 0. The zero-order chi connectivity index (χ0) is 17.1. The van der Waals surface area contributed by atoms with E-state index in [1.807, 2.05) is 24.3 Å². The van der Waals surface area contributed by atoms with Crippen molar-refractivity contribution in [2.45, 2.75) is 6.54 Å². The molecule has 1 amide bonds. The average molecular weight is 392 g/mol. The molecule has 0 bridgehead atoms. The number of nitrogens with zero attached hydrogens (tertiary/aromatic N) is 1. The minimum Gasteiger partial charge on any atom is -0.493 e. The van der Waals surface area contributed by atoms with Gasteiger partial charge in [-0.15, -0.1) is 0 Å². The van der Waals surface area contributed by atoms with E-state index < -0.39 is 0 Å². The van der Waals surface area contributed by atoms with Crippen molar-refractivity contribution in [2.75, 3.05) is 27.4 Å². The van der Waals surface area contributed by atoms with Gasteiger partial charge >= 0.3 is 0 Å². The van der Waals surface area contributed by atoms with E-state index >= 15 is 0 Å². The normalized spacial score (nSPS) is 12.6. The van der Waals surface area contributed by atoms with Crippen LogP contribution in [0.1, 0.15) is 15.9 Å². The van der Waals surface area contributed by atoms with Crippen molar-refractivity contribution in [1.29, 1.82) is 0 Å². The van der Waals surface area contributed by atoms with Crippen LogP contribution in [0.2, 0.25) is 0 Å². The highest BCUT2D eigenvalue weighted by Gasteiger charge is 2.22. The summed E-state index contributed by atoms with van der Waals surface area (Å²) in [6.45, 7) is 1.45. The van der Waals surface area contributed by atoms with E-state index in [4.69, 9.17) is 14.2 Å². The number of ether oxygens (including phenoxy) is 3. The third kappa shape index (κ3) is 3.48. The Morgan fingerprint density at radius 1 is 1.21 bits per heavy atom. The second kappa shape index (κ2) is 7.13. The van der Waals surface area contributed by atoms with Gasteiger partial charge in [0.25, 0.3) is 5.91 Å². The van der Waals surface area contributed by atoms with Crippen LogP contribution in [0.5, 0.6) is 17.2 Å². The SMILES string of the molecule is COc1cc(C(=O)N(C)Cc2ccc(Br)cc2)cc2c1OCCO2. The van der Waals surface area contributed by atoms with Gasteiger partial charge in [-0.25, -0.2) is 0 Å². The van der Waals surface area contributed by atoms with Crippen molar-refractivity contribution in [3.05, 3.63) is 52.0 Å². The van der Waals surface area contributed by atoms with Crippen molar-refractivity contribution in [3.8, 4) is 17.2 Å². The fourth-order valence-electron chi connectivity index (χ4n) is 2.55. The lowest BCUT2D eigenvalue weighted by molar-refractivity contribution is 0.0783. The van der Waals surface area contributed by atoms with Crippen LogP contribution < -0.4 is 14.2 Å². The lowest BCUT2D eigenvalue weighted by Crippen LogP contribution is -2.26. The number of rotatable bonds is 4. The van der Waals surface area contributed by atoms with E-state index in [0.717, 1.165) is 10.0 Å². The fourth-order valence-corrected chi connectivity index (χ4v) is 2.82. The monoisotopic (exact) mass is 391 g/mol. The van der Waals surface area contributed by atoms with Gasteiger partial charge in [0.05, 0.1) is 7.11 Å². The molecule has 0 saturated heterocycles. The van der Waals surface area contributed by atoms with Crippen molar-refractivity contribution >= 4 is 21.8 Å². The quantitative estimate of drug-likeness (QED) is 0.799. The number of halogens is 1.